The molecule has 2 rings (SSSR count). The molecule has 2 aromatic rings. The molecule has 2 N–H and O–H groups in total. The van der Waals surface area contributed by atoms with E-state index >= 15 is 0 Å². The lowest BCUT2D eigenvalue weighted by molar-refractivity contribution is 0.0954. The van der Waals surface area contributed by atoms with Crippen LogP contribution in [0.5, 0.6) is 0 Å². The van der Waals surface area contributed by atoms with Crippen LogP contribution in [0, 0.1) is 0 Å². The molecule has 0 aromatic carbocycles. The molecule has 1 amide bonds. The number of carbonyl (C=O) groups excluding carboxylic acids is 1. The molecule has 0 bridgehead atoms. The smallest absolute Gasteiger partial charge is 0.261 e. The third-order valence-corrected chi connectivity index (χ3v) is 2.41. The summed E-state index contributed by atoms with van der Waals surface area (Å²) >= 11 is 1.39. The quantitative estimate of drug-likeness (QED) is 0.755. The number of hydrogen-bond donors (Lipinski definition) is 2. The lowest BCUT2D eigenvalue weighted by atomic mass is 10.4. The highest BCUT2D eigenvalue weighted by Gasteiger charge is 2.06. The topological polar surface area (TPSA) is 83.6 Å². The Kier molecular flexibility index (Phi) is 2.50. The van der Waals surface area contributed by atoms with Crippen LogP contribution in [-0.2, 0) is 6.54 Å². The van der Waals surface area contributed by atoms with Gasteiger partial charge in [0.15, 0.2) is 5.82 Å². The number of nitrogens with zero attached hydrogens (tertiary/aromatic N) is 3. The van der Waals surface area contributed by atoms with Gasteiger partial charge < -0.3 is 5.32 Å². The summed E-state index contributed by atoms with van der Waals surface area (Å²) in [7, 11) is 0. The van der Waals surface area contributed by atoms with E-state index in [1.165, 1.54) is 11.3 Å². The molecule has 0 saturated heterocycles. The first-order chi connectivity index (χ1) is 6.86. The summed E-state index contributed by atoms with van der Waals surface area (Å²) in [4.78, 5) is 12.1. The van der Waals surface area contributed by atoms with Gasteiger partial charge in [-0.25, -0.2) is 0 Å². The predicted octanol–water partition coefficient (Wildman–Crippen LogP) is 0.191. The van der Waals surface area contributed by atoms with Crippen molar-refractivity contribution in [1.82, 2.24) is 25.9 Å². The van der Waals surface area contributed by atoms with Crippen molar-refractivity contribution in [2.45, 2.75) is 6.54 Å². The van der Waals surface area contributed by atoms with Crippen LogP contribution in [0.2, 0.25) is 0 Å². The first-order valence-corrected chi connectivity index (χ1v) is 4.78. The Hall–Kier alpha value is -1.76. The van der Waals surface area contributed by atoms with Gasteiger partial charge in [0, 0.05) is 0 Å². The SMILES string of the molecule is O=C(NCc1nn[nH]n1)c1cccs1. The number of H-pyrrole nitrogens is 1. The Labute approximate surface area is 83.3 Å². The van der Waals surface area contributed by atoms with Crippen LogP contribution in [0.15, 0.2) is 17.5 Å². The summed E-state index contributed by atoms with van der Waals surface area (Å²) < 4.78 is 0. The molecule has 0 saturated carbocycles. The van der Waals surface area contributed by atoms with Gasteiger partial charge in [0.1, 0.15) is 0 Å². The maximum Gasteiger partial charge on any atom is 0.261 e. The third-order valence-electron chi connectivity index (χ3n) is 1.54. The molecule has 0 atom stereocenters. The van der Waals surface area contributed by atoms with Crippen molar-refractivity contribution >= 4 is 17.2 Å². The first-order valence-electron chi connectivity index (χ1n) is 3.90. The molecule has 0 radical (unpaired) electrons. The molecule has 2 heterocycles. The Morgan fingerprint density at radius 1 is 1.64 bits per heavy atom. The lowest BCUT2D eigenvalue weighted by Gasteiger charge is -1.98. The molecule has 0 aliphatic rings. The monoisotopic (exact) mass is 209 g/mol. The van der Waals surface area contributed by atoms with E-state index in [2.05, 4.69) is 25.9 Å². The van der Waals surface area contributed by atoms with Gasteiger partial charge in [-0.15, -0.1) is 21.5 Å². The second-order valence-electron chi connectivity index (χ2n) is 2.49. The summed E-state index contributed by atoms with van der Waals surface area (Å²) in [6.07, 6.45) is 0. The highest BCUT2D eigenvalue weighted by Crippen LogP contribution is 2.07. The van der Waals surface area contributed by atoms with Crippen molar-refractivity contribution in [3.8, 4) is 0 Å². The molecule has 0 fully saturated rings. The minimum Gasteiger partial charge on any atom is -0.344 e. The van der Waals surface area contributed by atoms with Crippen LogP contribution >= 0.6 is 11.3 Å². The predicted molar refractivity (Wildman–Crippen MR) is 49.7 cm³/mol. The second kappa shape index (κ2) is 3.97. The number of thiophene rings is 1. The van der Waals surface area contributed by atoms with Crippen molar-refractivity contribution in [3.05, 3.63) is 28.2 Å². The van der Waals surface area contributed by atoms with Crippen molar-refractivity contribution in [2.24, 2.45) is 0 Å². The fourth-order valence-electron chi connectivity index (χ4n) is 0.912. The normalized spacial score (nSPS) is 10.0. The number of amides is 1. The van der Waals surface area contributed by atoms with Gasteiger partial charge in [-0.3, -0.25) is 4.79 Å². The summed E-state index contributed by atoms with van der Waals surface area (Å²) in [5.41, 5.74) is 0. The molecule has 0 aliphatic carbocycles. The average Bonchev–Trinajstić information content (AvgIpc) is 2.87. The zero-order chi connectivity index (χ0) is 9.80. The maximum absolute atomic E-state index is 11.4. The summed E-state index contributed by atoms with van der Waals surface area (Å²) in [5, 5.41) is 17.6. The van der Waals surface area contributed by atoms with E-state index in [1.807, 2.05) is 11.4 Å². The number of aromatic nitrogens is 4. The van der Waals surface area contributed by atoms with Gasteiger partial charge in [0.25, 0.3) is 5.91 Å². The largest absolute Gasteiger partial charge is 0.344 e. The fraction of sp³-hybridized carbons (Fsp3) is 0.143. The average molecular weight is 209 g/mol. The molecular formula is C7H7N5OS. The van der Waals surface area contributed by atoms with E-state index in [4.69, 9.17) is 0 Å². The van der Waals surface area contributed by atoms with Crippen molar-refractivity contribution in [2.75, 3.05) is 0 Å². The van der Waals surface area contributed by atoms with Crippen LogP contribution < -0.4 is 5.32 Å². The fourth-order valence-corrected chi connectivity index (χ4v) is 1.55. The van der Waals surface area contributed by atoms with Crippen LogP contribution in [0.3, 0.4) is 0 Å². The number of aromatic amines is 1. The van der Waals surface area contributed by atoms with E-state index < -0.39 is 0 Å². The van der Waals surface area contributed by atoms with Crippen molar-refractivity contribution in [3.63, 3.8) is 0 Å². The zero-order valence-electron chi connectivity index (χ0n) is 7.10. The van der Waals surface area contributed by atoms with Gasteiger partial charge in [-0.1, -0.05) is 11.3 Å². The molecule has 7 heteroatoms. The van der Waals surface area contributed by atoms with E-state index in [0.717, 1.165) is 0 Å². The molecule has 6 nitrogen and oxygen atoms in total. The molecule has 0 spiro atoms. The van der Waals surface area contributed by atoms with E-state index in [-0.39, 0.29) is 12.5 Å². The van der Waals surface area contributed by atoms with Crippen molar-refractivity contribution < 1.29 is 4.79 Å². The standard InChI is InChI=1S/C7H7N5OS/c13-7(5-2-1-3-14-5)8-4-6-9-11-12-10-6/h1-3H,4H2,(H,8,13)(H,9,10,11,12). The summed E-state index contributed by atoms with van der Waals surface area (Å²) in [6, 6.07) is 3.59. The Morgan fingerprint density at radius 3 is 3.21 bits per heavy atom. The van der Waals surface area contributed by atoms with Crippen molar-refractivity contribution in [1.29, 1.82) is 0 Å². The number of tetrazole rings is 1. The zero-order valence-corrected chi connectivity index (χ0v) is 7.91. The Bertz CT molecular complexity index is 396. The van der Waals surface area contributed by atoms with Gasteiger partial charge in [0.05, 0.1) is 11.4 Å². The van der Waals surface area contributed by atoms with Gasteiger partial charge >= 0.3 is 0 Å². The molecule has 0 unspecified atom stereocenters. The highest BCUT2D eigenvalue weighted by atomic mass is 32.1. The van der Waals surface area contributed by atoms with Crippen LogP contribution in [-0.4, -0.2) is 26.5 Å². The summed E-state index contributed by atoms with van der Waals surface area (Å²) in [6.45, 7) is 0.285. The molecule has 14 heavy (non-hydrogen) atoms. The van der Waals surface area contributed by atoms with Gasteiger partial charge in [-0.05, 0) is 11.4 Å². The second-order valence-corrected chi connectivity index (χ2v) is 3.44. The first kappa shape index (κ1) is 8.82. The van der Waals surface area contributed by atoms with E-state index in [0.29, 0.717) is 10.7 Å². The minimum atomic E-state index is -0.121. The Morgan fingerprint density at radius 2 is 2.57 bits per heavy atom. The molecular weight excluding hydrogens is 202 g/mol. The van der Waals surface area contributed by atoms with Gasteiger partial charge in [0.2, 0.25) is 0 Å². The van der Waals surface area contributed by atoms with E-state index in [9.17, 15) is 4.79 Å². The van der Waals surface area contributed by atoms with Crippen LogP contribution in [0.25, 0.3) is 0 Å². The number of carbonyl (C=O) groups is 1. The van der Waals surface area contributed by atoms with E-state index in [1.54, 1.807) is 6.07 Å². The lowest BCUT2D eigenvalue weighted by Crippen LogP contribution is -2.22. The number of rotatable bonds is 3. The maximum atomic E-state index is 11.4. The molecule has 0 aliphatic heterocycles. The number of hydrogen-bond acceptors (Lipinski definition) is 5. The summed E-state index contributed by atoms with van der Waals surface area (Å²) in [5.74, 6) is 0.347. The number of nitrogens with one attached hydrogen (secondary N) is 2. The van der Waals surface area contributed by atoms with Gasteiger partial charge in [-0.2, -0.15) is 5.21 Å². The van der Waals surface area contributed by atoms with Crippen LogP contribution in [0.1, 0.15) is 15.5 Å². The molecule has 72 valence electrons. The Balaban J connectivity index is 1.90. The minimum absolute atomic E-state index is 0.121. The third kappa shape index (κ3) is 1.94. The van der Waals surface area contributed by atoms with Crippen LogP contribution in [0.4, 0.5) is 0 Å². The molecule has 2 aromatic heterocycles. The highest BCUT2D eigenvalue weighted by molar-refractivity contribution is 7.12.